The van der Waals surface area contributed by atoms with Crippen molar-refractivity contribution in [1.82, 2.24) is 20.1 Å². The van der Waals surface area contributed by atoms with Crippen LogP contribution in [0.15, 0.2) is 6.33 Å². The maximum absolute atomic E-state index is 8.44. The van der Waals surface area contributed by atoms with Crippen LogP contribution >= 0.6 is 0 Å². The largest absolute Gasteiger partial charge is 0.394 e. The first kappa shape index (κ1) is 11.1. The molecule has 0 fully saturated rings. The van der Waals surface area contributed by atoms with E-state index in [2.05, 4.69) is 15.5 Å². The third-order valence-corrected chi connectivity index (χ3v) is 1.75. The molecule has 2 N–H and O–H groups in total. The molecule has 0 aliphatic rings. The summed E-state index contributed by atoms with van der Waals surface area (Å²) in [6.07, 6.45) is 1.67. The van der Waals surface area contributed by atoms with Gasteiger partial charge >= 0.3 is 0 Å². The molecular formula is C8H16N4O2. The average molecular weight is 200 g/mol. The van der Waals surface area contributed by atoms with Gasteiger partial charge in [-0.1, -0.05) is 0 Å². The molecule has 0 radical (unpaired) electrons. The van der Waals surface area contributed by atoms with E-state index in [4.69, 9.17) is 9.84 Å². The minimum atomic E-state index is 0.0727. The lowest BCUT2D eigenvalue weighted by atomic mass is 10.5. The lowest BCUT2D eigenvalue weighted by molar-refractivity contribution is 0.0937. The molecule has 0 aliphatic carbocycles. The fraction of sp³-hybridized carbons (Fsp3) is 0.750. The summed E-state index contributed by atoms with van der Waals surface area (Å²) in [5.74, 6) is 0.896. The number of aliphatic hydroxyl groups is 1. The van der Waals surface area contributed by atoms with Gasteiger partial charge in [0, 0.05) is 13.6 Å². The molecule has 1 heterocycles. The van der Waals surface area contributed by atoms with E-state index in [-0.39, 0.29) is 6.61 Å². The predicted octanol–water partition coefficient (Wildman–Crippen LogP) is -1.09. The number of nitrogens with zero attached hydrogens (tertiary/aromatic N) is 3. The summed E-state index contributed by atoms with van der Waals surface area (Å²) in [5, 5.41) is 19.3. The van der Waals surface area contributed by atoms with Crippen LogP contribution in [0.25, 0.3) is 0 Å². The summed E-state index contributed by atoms with van der Waals surface area (Å²) in [7, 11) is 1.90. The molecule has 0 aromatic carbocycles. The summed E-state index contributed by atoms with van der Waals surface area (Å²) in [6.45, 7) is 2.49. The molecular weight excluding hydrogens is 184 g/mol. The second-order valence-corrected chi connectivity index (χ2v) is 2.87. The number of aryl methyl sites for hydroxylation is 1. The fourth-order valence-electron chi connectivity index (χ4n) is 0.978. The van der Waals surface area contributed by atoms with Gasteiger partial charge in [0.05, 0.1) is 26.4 Å². The number of nitrogens with one attached hydrogen (secondary N) is 1. The molecule has 1 aromatic rings. The highest BCUT2D eigenvalue weighted by molar-refractivity contribution is 4.82. The topological polar surface area (TPSA) is 72.2 Å². The van der Waals surface area contributed by atoms with Crippen LogP contribution in [0.2, 0.25) is 0 Å². The van der Waals surface area contributed by atoms with Crippen LogP contribution in [0.1, 0.15) is 5.82 Å². The molecule has 80 valence electrons. The van der Waals surface area contributed by atoms with Crippen molar-refractivity contribution < 1.29 is 9.84 Å². The normalized spacial score (nSPS) is 10.7. The van der Waals surface area contributed by atoms with E-state index in [0.717, 1.165) is 12.4 Å². The van der Waals surface area contributed by atoms with Gasteiger partial charge in [0.1, 0.15) is 12.2 Å². The quantitative estimate of drug-likeness (QED) is 0.547. The second-order valence-electron chi connectivity index (χ2n) is 2.87. The zero-order valence-electron chi connectivity index (χ0n) is 8.31. The van der Waals surface area contributed by atoms with Gasteiger partial charge in [0.2, 0.25) is 0 Å². The van der Waals surface area contributed by atoms with Crippen molar-refractivity contribution in [2.24, 2.45) is 7.05 Å². The van der Waals surface area contributed by atoms with Crippen molar-refractivity contribution >= 4 is 0 Å². The van der Waals surface area contributed by atoms with Crippen LogP contribution < -0.4 is 5.32 Å². The van der Waals surface area contributed by atoms with E-state index in [1.165, 1.54) is 0 Å². The van der Waals surface area contributed by atoms with Crippen LogP contribution in [0.5, 0.6) is 0 Å². The van der Waals surface area contributed by atoms with Crippen LogP contribution in [0.3, 0.4) is 0 Å². The molecule has 1 rings (SSSR count). The monoisotopic (exact) mass is 200 g/mol. The standard InChI is InChI=1S/C8H16N4O2/c1-12-7-10-11-8(12)6-9-2-4-14-5-3-13/h7,9,13H,2-6H2,1H3. The van der Waals surface area contributed by atoms with Gasteiger partial charge in [0.25, 0.3) is 0 Å². The Morgan fingerprint density at radius 1 is 1.57 bits per heavy atom. The van der Waals surface area contributed by atoms with Crippen molar-refractivity contribution in [3.05, 3.63) is 12.2 Å². The Morgan fingerprint density at radius 3 is 3.07 bits per heavy atom. The first-order chi connectivity index (χ1) is 6.84. The molecule has 0 bridgehead atoms. The maximum Gasteiger partial charge on any atom is 0.146 e. The molecule has 14 heavy (non-hydrogen) atoms. The van der Waals surface area contributed by atoms with Gasteiger partial charge in [-0.05, 0) is 0 Å². The van der Waals surface area contributed by atoms with Crippen molar-refractivity contribution in [2.75, 3.05) is 26.4 Å². The Morgan fingerprint density at radius 2 is 2.43 bits per heavy atom. The maximum atomic E-state index is 8.44. The molecule has 6 heteroatoms. The molecule has 0 saturated carbocycles. The van der Waals surface area contributed by atoms with Crippen molar-refractivity contribution in [3.63, 3.8) is 0 Å². The minimum absolute atomic E-state index is 0.0727. The van der Waals surface area contributed by atoms with Crippen molar-refractivity contribution in [2.45, 2.75) is 6.54 Å². The highest BCUT2D eigenvalue weighted by Gasteiger charge is 1.98. The first-order valence-corrected chi connectivity index (χ1v) is 4.57. The Bertz CT molecular complexity index is 251. The van der Waals surface area contributed by atoms with E-state index >= 15 is 0 Å². The van der Waals surface area contributed by atoms with Gasteiger partial charge in [-0.25, -0.2) is 0 Å². The summed E-state index contributed by atoms with van der Waals surface area (Å²) < 4.78 is 6.94. The Hall–Kier alpha value is -0.980. The van der Waals surface area contributed by atoms with E-state index in [0.29, 0.717) is 19.8 Å². The fourth-order valence-corrected chi connectivity index (χ4v) is 0.978. The highest BCUT2D eigenvalue weighted by Crippen LogP contribution is 1.88. The van der Waals surface area contributed by atoms with Gasteiger partial charge in [-0.3, -0.25) is 0 Å². The van der Waals surface area contributed by atoms with Crippen molar-refractivity contribution in [3.8, 4) is 0 Å². The smallest absolute Gasteiger partial charge is 0.146 e. The van der Waals surface area contributed by atoms with E-state index in [9.17, 15) is 0 Å². The number of ether oxygens (including phenoxy) is 1. The number of hydrogen-bond donors (Lipinski definition) is 2. The van der Waals surface area contributed by atoms with Crippen LogP contribution in [0.4, 0.5) is 0 Å². The van der Waals surface area contributed by atoms with Gasteiger partial charge < -0.3 is 19.7 Å². The van der Waals surface area contributed by atoms with E-state index in [1.807, 2.05) is 11.6 Å². The number of rotatable bonds is 7. The SMILES string of the molecule is Cn1cnnc1CNCCOCCO. The second kappa shape index (κ2) is 6.47. The number of hydrogen-bond acceptors (Lipinski definition) is 5. The molecule has 0 aliphatic heterocycles. The minimum Gasteiger partial charge on any atom is -0.394 e. The highest BCUT2D eigenvalue weighted by atomic mass is 16.5. The van der Waals surface area contributed by atoms with E-state index in [1.54, 1.807) is 6.33 Å². The van der Waals surface area contributed by atoms with Crippen molar-refractivity contribution in [1.29, 1.82) is 0 Å². The number of aromatic nitrogens is 3. The molecule has 6 nitrogen and oxygen atoms in total. The summed E-state index contributed by atoms with van der Waals surface area (Å²) >= 11 is 0. The van der Waals surface area contributed by atoms with Gasteiger partial charge in [0.15, 0.2) is 0 Å². The Kier molecular flexibility index (Phi) is 5.13. The summed E-state index contributed by atoms with van der Waals surface area (Å²) in [6, 6.07) is 0. The predicted molar refractivity (Wildman–Crippen MR) is 50.6 cm³/mol. The van der Waals surface area contributed by atoms with Crippen LogP contribution in [-0.4, -0.2) is 46.2 Å². The summed E-state index contributed by atoms with van der Waals surface area (Å²) in [4.78, 5) is 0. The van der Waals surface area contributed by atoms with Gasteiger partial charge in [-0.15, -0.1) is 10.2 Å². The Labute approximate surface area is 82.9 Å². The molecule has 0 amide bonds. The lowest BCUT2D eigenvalue weighted by Crippen LogP contribution is -2.21. The molecule has 0 spiro atoms. The molecule has 0 saturated heterocycles. The van der Waals surface area contributed by atoms with Crippen LogP contribution in [0, 0.1) is 0 Å². The molecule has 0 unspecified atom stereocenters. The van der Waals surface area contributed by atoms with Gasteiger partial charge in [-0.2, -0.15) is 0 Å². The zero-order chi connectivity index (χ0) is 10.2. The van der Waals surface area contributed by atoms with E-state index < -0.39 is 0 Å². The Balaban J connectivity index is 2.02. The zero-order valence-corrected chi connectivity index (χ0v) is 8.31. The van der Waals surface area contributed by atoms with Crippen LogP contribution in [-0.2, 0) is 18.3 Å². The molecule has 1 aromatic heterocycles. The molecule has 0 atom stereocenters. The lowest BCUT2D eigenvalue weighted by Gasteiger charge is -2.04. The third kappa shape index (κ3) is 3.82. The third-order valence-electron chi connectivity index (χ3n) is 1.75. The number of aliphatic hydroxyl groups excluding tert-OH is 1. The average Bonchev–Trinajstić information content (AvgIpc) is 2.58. The first-order valence-electron chi connectivity index (χ1n) is 4.57. The summed E-state index contributed by atoms with van der Waals surface area (Å²) in [5.41, 5.74) is 0.